The lowest BCUT2D eigenvalue weighted by Gasteiger charge is -2.21. The zero-order chi connectivity index (χ0) is 14.3. The first-order chi connectivity index (χ1) is 9.53. The minimum Gasteiger partial charge on any atom is -0.330 e. The zero-order valence-corrected chi connectivity index (χ0v) is 12.0. The molecule has 0 aliphatic carbocycles. The monoisotopic (exact) mass is 289 g/mol. The molecule has 0 radical (unpaired) electrons. The maximum atomic E-state index is 12.2. The number of imidazole rings is 1. The van der Waals surface area contributed by atoms with E-state index in [1.165, 1.54) is 0 Å². The Labute approximate surface area is 117 Å². The lowest BCUT2D eigenvalue weighted by Crippen LogP contribution is -2.24. The van der Waals surface area contributed by atoms with Crippen LogP contribution in [-0.2, 0) is 16.9 Å². The van der Waals surface area contributed by atoms with Crippen molar-refractivity contribution in [2.45, 2.75) is 24.5 Å². The molecule has 0 amide bonds. The fourth-order valence-electron chi connectivity index (χ4n) is 2.81. The van der Waals surface area contributed by atoms with Crippen molar-refractivity contribution in [3.05, 3.63) is 29.6 Å². The second-order valence-electron chi connectivity index (χ2n) is 5.20. The van der Waals surface area contributed by atoms with Gasteiger partial charge in [-0.25, -0.2) is 13.4 Å². The van der Waals surface area contributed by atoms with Crippen molar-refractivity contribution in [3.8, 4) is 6.07 Å². The Morgan fingerprint density at radius 2 is 2.20 bits per heavy atom. The van der Waals surface area contributed by atoms with Crippen LogP contribution in [0, 0.1) is 11.3 Å². The van der Waals surface area contributed by atoms with Gasteiger partial charge < -0.3 is 4.57 Å². The smallest absolute Gasteiger partial charge is 0.160 e. The number of hydrogen-bond acceptors (Lipinski definition) is 4. The number of sulfone groups is 1. The highest BCUT2D eigenvalue weighted by molar-refractivity contribution is 7.91. The van der Waals surface area contributed by atoms with E-state index in [1.807, 2.05) is 11.6 Å². The Bertz CT molecular complexity index is 815. The van der Waals surface area contributed by atoms with Crippen molar-refractivity contribution in [1.29, 1.82) is 5.26 Å². The van der Waals surface area contributed by atoms with Crippen molar-refractivity contribution in [1.82, 2.24) is 9.55 Å². The van der Waals surface area contributed by atoms with Crippen LogP contribution >= 0.6 is 0 Å². The number of nitriles is 1. The highest BCUT2D eigenvalue weighted by Gasteiger charge is 2.33. The maximum absolute atomic E-state index is 12.2. The van der Waals surface area contributed by atoms with E-state index in [0.29, 0.717) is 17.8 Å². The number of hydrogen-bond donors (Lipinski definition) is 0. The maximum Gasteiger partial charge on any atom is 0.160 e. The van der Waals surface area contributed by atoms with Crippen LogP contribution in [0.1, 0.15) is 35.9 Å². The number of benzene rings is 1. The molecule has 1 aliphatic heterocycles. The molecule has 0 saturated carbocycles. The predicted octanol–water partition coefficient (Wildman–Crippen LogP) is 2.08. The van der Waals surface area contributed by atoms with E-state index >= 15 is 0 Å². The molecule has 0 spiro atoms. The van der Waals surface area contributed by atoms with Gasteiger partial charge in [0.1, 0.15) is 11.1 Å². The van der Waals surface area contributed by atoms with Crippen LogP contribution in [0.15, 0.2) is 18.2 Å². The lowest BCUT2D eigenvalue weighted by molar-refractivity contribution is 0.534. The molecule has 1 unspecified atom stereocenters. The molecule has 1 aromatic carbocycles. The Kier molecular flexibility index (Phi) is 3.02. The zero-order valence-electron chi connectivity index (χ0n) is 11.2. The van der Waals surface area contributed by atoms with E-state index in [9.17, 15) is 8.42 Å². The molecule has 6 heteroatoms. The standard InChI is InChI=1S/C14H15N3O2S/c1-17-12-8-10(9-15)5-6-11(12)16-14(17)13-4-2-3-7-20(13,18)19/h5-6,8,13H,2-4,7H2,1H3. The van der Waals surface area contributed by atoms with E-state index in [0.717, 1.165) is 23.9 Å². The van der Waals surface area contributed by atoms with E-state index < -0.39 is 15.1 Å². The number of fused-ring (bicyclic) bond motifs is 1. The number of nitrogens with zero attached hydrogens (tertiary/aromatic N) is 3. The van der Waals surface area contributed by atoms with Crippen LogP contribution in [-0.4, -0.2) is 23.7 Å². The third kappa shape index (κ3) is 1.98. The van der Waals surface area contributed by atoms with Crippen LogP contribution in [0.2, 0.25) is 0 Å². The molecule has 104 valence electrons. The largest absolute Gasteiger partial charge is 0.330 e. The molecule has 1 fully saturated rings. The molecule has 20 heavy (non-hydrogen) atoms. The molecule has 5 nitrogen and oxygen atoms in total. The highest BCUT2D eigenvalue weighted by Crippen LogP contribution is 2.34. The molecular weight excluding hydrogens is 274 g/mol. The van der Waals surface area contributed by atoms with Gasteiger partial charge in [0.15, 0.2) is 9.84 Å². The van der Waals surface area contributed by atoms with E-state index in [4.69, 9.17) is 5.26 Å². The summed E-state index contributed by atoms with van der Waals surface area (Å²) >= 11 is 0. The van der Waals surface area contributed by atoms with Gasteiger partial charge in [-0.3, -0.25) is 0 Å². The second kappa shape index (κ2) is 4.60. The third-order valence-corrected chi connectivity index (χ3v) is 6.08. The molecule has 1 saturated heterocycles. The number of aryl methyl sites for hydroxylation is 1. The minimum absolute atomic E-state index is 0.240. The number of rotatable bonds is 1. The molecule has 0 bridgehead atoms. The average molecular weight is 289 g/mol. The summed E-state index contributed by atoms with van der Waals surface area (Å²) in [6.45, 7) is 0. The van der Waals surface area contributed by atoms with Crippen molar-refractivity contribution in [3.63, 3.8) is 0 Å². The van der Waals surface area contributed by atoms with Gasteiger partial charge in [0.05, 0.1) is 28.4 Å². The van der Waals surface area contributed by atoms with Crippen molar-refractivity contribution >= 4 is 20.9 Å². The first kappa shape index (κ1) is 13.1. The quantitative estimate of drug-likeness (QED) is 0.805. The summed E-state index contributed by atoms with van der Waals surface area (Å²) in [6.07, 6.45) is 2.28. The first-order valence-electron chi connectivity index (χ1n) is 6.61. The average Bonchev–Trinajstić information content (AvgIpc) is 2.75. The molecule has 1 atom stereocenters. The van der Waals surface area contributed by atoms with Crippen LogP contribution in [0.4, 0.5) is 0 Å². The summed E-state index contributed by atoms with van der Waals surface area (Å²) in [5, 5.41) is 8.44. The van der Waals surface area contributed by atoms with Crippen LogP contribution in [0.5, 0.6) is 0 Å². The predicted molar refractivity (Wildman–Crippen MR) is 75.8 cm³/mol. The Morgan fingerprint density at radius 1 is 1.40 bits per heavy atom. The molecule has 2 aromatic rings. The molecular formula is C14H15N3O2S. The summed E-state index contributed by atoms with van der Waals surface area (Å²) in [5.41, 5.74) is 2.10. The molecule has 2 heterocycles. The summed E-state index contributed by atoms with van der Waals surface area (Å²) in [6, 6.07) is 7.32. The van der Waals surface area contributed by atoms with E-state index in [1.54, 1.807) is 18.2 Å². The molecule has 3 rings (SSSR count). The lowest BCUT2D eigenvalue weighted by atomic mass is 10.2. The molecule has 1 aromatic heterocycles. The molecule has 1 aliphatic rings. The summed E-state index contributed by atoms with van der Waals surface area (Å²) in [7, 11) is -1.30. The Morgan fingerprint density at radius 3 is 2.90 bits per heavy atom. The summed E-state index contributed by atoms with van der Waals surface area (Å²) in [4.78, 5) is 4.48. The normalized spacial score (nSPS) is 21.7. The Balaban J connectivity index is 2.17. The van der Waals surface area contributed by atoms with Gasteiger partial charge in [-0.05, 0) is 31.0 Å². The van der Waals surface area contributed by atoms with Gasteiger partial charge in [0, 0.05) is 7.05 Å². The van der Waals surface area contributed by atoms with Gasteiger partial charge in [-0.15, -0.1) is 0 Å². The third-order valence-electron chi connectivity index (χ3n) is 3.91. The number of aromatic nitrogens is 2. The Hall–Kier alpha value is -1.87. The first-order valence-corrected chi connectivity index (χ1v) is 8.32. The SMILES string of the molecule is Cn1c(C2CCCCS2(=O)=O)nc2ccc(C#N)cc21. The van der Waals surface area contributed by atoms with Crippen molar-refractivity contribution in [2.75, 3.05) is 5.75 Å². The van der Waals surface area contributed by atoms with Gasteiger partial charge in [-0.1, -0.05) is 6.42 Å². The molecule has 0 N–H and O–H groups in total. The van der Waals surface area contributed by atoms with E-state index in [-0.39, 0.29) is 5.75 Å². The van der Waals surface area contributed by atoms with Gasteiger partial charge in [0.2, 0.25) is 0 Å². The van der Waals surface area contributed by atoms with Crippen LogP contribution < -0.4 is 0 Å². The van der Waals surface area contributed by atoms with Crippen LogP contribution in [0.25, 0.3) is 11.0 Å². The van der Waals surface area contributed by atoms with Crippen molar-refractivity contribution < 1.29 is 8.42 Å². The fraction of sp³-hybridized carbons (Fsp3) is 0.429. The summed E-state index contributed by atoms with van der Waals surface area (Å²) < 4.78 is 26.3. The van der Waals surface area contributed by atoms with Gasteiger partial charge in [-0.2, -0.15) is 5.26 Å². The minimum atomic E-state index is -3.11. The van der Waals surface area contributed by atoms with Gasteiger partial charge in [0.25, 0.3) is 0 Å². The van der Waals surface area contributed by atoms with E-state index in [2.05, 4.69) is 11.1 Å². The van der Waals surface area contributed by atoms with Crippen molar-refractivity contribution in [2.24, 2.45) is 7.05 Å². The summed E-state index contributed by atoms with van der Waals surface area (Å²) in [5.74, 6) is 0.833. The second-order valence-corrected chi connectivity index (χ2v) is 7.50. The highest BCUT2D eigenvalue weighted by atomic mass is 32.2. The topological polar surface area (TPSA) is 75.8 Å². The van der Waals surface area contributed by atoms with Gasteiger partial charge >= 0.3 is 0 Å². The fourth-order valence-corrected chi connectivity index (χ4v) is 4.76. The van der Waals surface area contributed by atoms with Crippen LogP contribution in [0.3, 0.4) is 0 Å².